The molecule has 0 atom stereocenters. The third-order valence-electron chi connectivity index (χ3n) is 0.379. The van der Waals surface area contributed by atoms with Crippen LogP contribution in [0.5, 0.6) is 0 Å². The minimum atomic E-state index is -0.639. The van der Waals surface area contributed by atoms with Crippen molar-refractivity contribution in [1.82, 2.24) is 0 Å². The highest BCUT2D eigenvalue weighted by Crippen LogP contribution is 1.78. The summed E-state index contributed by atoms with van der Waals surface area (Å²) in [6.07, 6.45) is 4.06. The van der Waals surface area contributed by atoms with E-state index in [9.17, 15) is 0 Å². The molecule has 0 aliphatic carbocycles. The second kappa shape index (κ2) is 7.63. The maximum absolute atomic E-state index is 4.90. The molecule has 1 heterocycles. The molecular formula is C4H3Cl2MgO. The second-order valence-electron chi connectivity index (χ2n) is 0.832. The third kappa shape index (κ3) is 6.63. The van der Waals surface area contributed by atoms with E-state index in [2.05, 4.69) is 10.7 Å². The zero-order valence-corrected chi connectivity index (χ0v) is 7.03. The average molecular weight is 162 g/mol. The Morgan fingerprint density at radius 2 is 2.12 bits per heavy atom. The van der Waals surface area contributed by atoms with Crippen LogP contribution in [0.15, 0.2) is 22.8 Å². The van der Waals surface area contributed by atoms with Crippen LogP contribution in [0.1, 0.15) is 0 Å². The Balaban J connectivity index is 0.000000145. The van der Waals surface area contributed by atoms with Crippen molar-refractivity contribution in [2.75, 3.05) is 0 Å². The van der Waals surface area contributed by atoms with Gasteiger partial charge >= 0.3 is 18.2 Å². The average Bonchev–Trinajstić information content (AvgIpc) is 2.17. The number of furan rings is 1. The maximum atomic E-state index is 4.90. The van der Waals surface area contributed by atoms with Crippen molar-refractivity contribution in [1.29, 1.82) is 0 Å². The number of rotatable bonds is 0. The summed E-state index contributed by atoms with van der Waals surface area (Å²) in [5.41, 5.74) is 0. The van der Waals surface area contributed by atoms with Crippen LogP contribution >= 0.6 is 18.1 Å². The molecule has 0 aliphatic rings. The van der Waals surface area contributed by atoms with E-state index in [4.69, 9.17) is 18.1 Å². The van der Waals surface area contributed by atoms with Gasteiger partial charge in [-0.1, -0.05) is 0 Å². The van der Waals surface area contributed by atoms with Crippen molar-refractivity contribution >= 4 is 36.3 Å². The summed E-state index contributed by atoms with van der Waals surface area (Å²) >= 11 is -0.639. The molecule has 41 valence electrons. The first kappa shape index (κ1) is 8.63. The first-order valence-electron chi connectivity index (χ1n) is 1.93. The van der Waals surface area contributed by atoms with Crippen LogP contribution in [0, 0.1) is 6.26 Å². The van der Waals surface area contributed by atoms with Gasteiger partial charge in [-0.25, -0.2) is 0 Å². The Hall–Kier alpha value is 0.626. The number of hydrogen-bond acceptors (Lipinski definition) is 1. The molecule has 0 aliphatic heterocycles. The fourth-order valence-electron chi connectivity index (χ4n) is 0.196. The SMILES string of the molecule is [Cl][Mg][Cl].[c]1ccco1. The fraction of sp³-hybridized carbons (Fsp3) is 0. The van der Waals surface area contributed by atoms with Crippen molar-refractivity contribution in [3.8, 4) is 0 Å². The summed E-state index contributed by atoms with van der Waals surface area (Å²) in [4.78, 5) is 0. The Kier molecular flexibility index (Phi) is 8.22. The van der Waals surface area contributed by atoms with Crippen LogP contribution in [-0.4, -0.2) is 18.2 Å². The van der Waals surface area contributed by atoms with Crippen LogP contribution in [-0.2, 0) is 0 Å². The molecule has 0 spiro atoms. The standard InChI is InChI=1S/C4H3O.2ClH.Mg/c1-2-4-5-3-1;;;/h1-3H;2*1H;/q;;;+2/p-2. The lowest BCUT2D eigenvalue weighted by Crippen LogP contribution is -1.36. The Labute approximate surface area is 65.2 Å². The van der Waals surface area contributed by atoms with Gasteiger partial charge in [0, 0.05) is 0 Å². The van der Waals surface area contributed by atoms with Gasteiger partial charge in [-0.15, -0.1) is 0 Å². The van der Waals surface area contributed by atoms with Crippen molar-refractivity contribution in [2.45, 2.75) is 0 Å². The lowest BCUT2D eigenvalue weighted by molar-refractivity contribution is 0.558. The summed E-state index contributed by atoms with van der Waals surface area (Å²) in [5.74, 6) is 0. The molecule has 0 bridgehead atoms. The van der Waals surface area contributed by atoms with Gasteiger partial charge in [0.2, 0.25) is 0 Å². The molecule has 1 aromatic rings. The molecule has 1 nitrogen and oxygen atoms in total. The molecule has 1 rings (SSSR count). The van der Waals surface area contributed by atoms with Crippen molar-refractivity contribution in [2.24, 2.45) is 0 Å². The van der Waals surface area contributed by atoms with Gasteiger partial charge in [0.25, 0.3) is 0 Å². The third-order valence-corrected chi connectivity index (χ3v) is 0.379. The maximum Gasteiger partial charge on any atom is 0.618 e. The monoisotopic (exact) mass is 161 g/mol. The van der Waals surface area contributed by atoms with Crippen LogP contribution in [0.3, 0.4) is 0 Å². The van der Waals surface area contributed by atoms with E-state index in [0.29, 0.717) is 0 Å². The minimum absolute atomic E-state index is 0.639. The van der Waals surface area contributed by atoms with Crippen molar-refractivity contribution in [3.05, 3.63) is 24.7 Å². The van der Waals surface area contributed by atoms with Gasteiger partial charge in [0.1, 0.15) is 0 Å². The molecule has 0 N–H and O–H groups in total. The molecule has 0 aromatic carbocycles. The Bertz CT molecular complexity index is 80.9. The Morgan fingerprint density at radius 1 is 1.50 bits per heavy atom. The molecule has 0 saturated heterocycles. The summed E-state index contributed by atoms with van der Waals surface area (Å²) in [6, 6.07) is 3.49. The molecule has 0 amide bonds. The van der Waals surface area contributed by atoms with Gasteiger partial charge in [-0.05, 0) is 12.1 Å². The van der Waals surface area contributed by atoms with Crippen LogP contribution < -0.4 is 0 Å². The van der Waals surface area contributed by atoms with E-state index < -0.39 is 18.2 Å². The van der Waals surface area contributed by atoms with E-state index in [1.807, 2.05) is 0 Å². The molecule has 1 radical (unpaired) electrons. The predicted octanol–water partition coefficient (Wildman–Crippen LogP) is 2.08. The smallest absolute Gasteiger partial charge is 0.461 e. The summed E-state index contributed by atoms with van der Waals surface area (Å²) in [5, 5.41) is 0. The van der Waals surface area contributed by atoms with Crippen molar-refractivity contribution in [3.63, 3.8) is 0 Å². The second-order valence-corrected chi connectivity index (χ2v) is 3.46. The van der Waals surface area contributed by atoms with Crippen molar-refractivity contribution < 1.29 is 4.42 Å². The molecule has 1 aromatic heterocycles. The highest BCUT2D eigenvalue weighted by molar-refractivity contribution is 7.22. The molecule has 8 heavy (non-hydrogen) atoms. The molecule has 0 saturated carbocycles. The van der Waals surface area contributed by atoms with Gasteiger partial charge in [-0.3, -0.25) is 0 Å². The molecule has 0 fully saturated rings. The fourth-order valence-corrected chi connectivity index (χ4v) is 0.196. The largest absolute Gasteiger partial charge is 0.618 e. The van der Waals surface area contributed by atoms with Gasteiger partial charge in [0.05, 0.1) is 6.26 Å². The van der Waals surface area contributed by atoms with Crippen LogP contribution in [0.2, 0.25) is 0 Å². The molecule has 4 heteroatoms. The minimum Gasteiger partial charge on any atom is -0.461 e. The van der Waals surface area contributed by atoms with Crippen LogP contribution in [0.4, 0.5) is 0 Å². The quantitative estimate of drug-likeness (QED) is 0.532. The first-order valence-corrected chi connectivity index (χ1v) is 6.21. The number of hydrogen-bond donors (Lipinski definition) is 0. The van der Waals surface area contributed by atoms with E-state index >= 15 is 0 Å². The van der Waals surface area contributed by atoms with E-state index in [1.54, 1.807) is 18.4 Å². The summed E-state index contributed by atoms with van der Waals surface area (Å²) in [7, 11) is 9.81. The summed E-state index contributed by atoms with van der Waals surface area (Å²) < 4.78 is 4.46. The topological polar surface area (TPSA) is 13.1 Å². The first-order chi connectivity index (χ1) is 3.91. The predicted molar refractivity (Wildman–Crippen MR) is 35.0 cm³/mol. The Morgan fingerprint density at radius 3 is 2.25 bits per heavy atom. The zero-order valence-electron chi connectivity index (χ0n) is 4.10. The van der Waals surface area contributed by atoms with E-state index in [1.165, 1.54) is 0 Å². The number of halogens is 2. The van der Waals surface area contributed by atoms with E-state index in [-0.39, 0.29) is 0 Å². The lowest BCUT2D eigenvalue weighted by Gasteiger charge is -1.48. The highest BCUT2D eigenvalue weighted by Gasteiger charge is 1.64. The summed E-state index contributed by atoms with van der Waals surface area (Å²) in [6.45, 7) is 0. The van der Waals surface area contributed by atoms with Gasteiger partial charge in [-0.2, -0.15) is 0 Å². The van der Waals surface area contributed by atoms with E-state index in [0.717, 1.165) is 0 Å². The molecular weight excluding hydrogens is 159 g/mol. The highest BCUT2D eigenvalue weighted by atomic mass is 35.6. The lowest BCUT2D eigenvalue weighted by atomic mass is 10.7. The zero-order chi connectivity index (χ0) is 6.24. The van der Waals surface area contributed by atoms with Gasteiger partial charge < -0.3 is 22.6 Å². The molecule has 0 unspecified atom stereocenters. The van der Waals surface area contributed by atoms with Gasteiger partial charge in [0.15, 0.2) is 6.26 Å². The normalized spacial score (nSPS) is 6.25. The van der Waals surface area contributed by atoms with Crippen LogP contribution in [0.25, 0.3) is 0 Å².